The Labute approximate surface area is 138 Å². The van der Waals surface area contributed by atoms with Crippen LogP contribution in [0.4, 0.5) is 4.39 Å². The monoisotopic (exact) mass is 325 g/mol. The number of rotatable bonds is 10. The van der Waals surface area contributed by atoms with E-state index in [2.05, 4.69) is 15.6 Å². The van der Waals surface area contributed by atoms with Crippen LogP contribution < -0.4 is 15.4 Å². The molecule has 0 aliphatic heterocycles. The van der Waals surface area contributed by atoms with Gasteiger partial charge in [-0.1, -0.05) is 12.1 Å². The number of benzene rings is 1. The van der Waals surface area contributed by atoms with Crippen molar-refractivity contribution in [3.8, 4) is 5.75 Å². The molecule has 0 radical (unpaired) electrons. The standard InChI is InChI=1S/C17H28FN3O2/c1-4-19-17(20-9-5-8-18)21-13-15-7-6-14(2)12-16(15)23-11-10-22-3/h6-7,12H,4-5,8-11,13H2,1-3H3,(H2,19,20,21). The zero-order valence-electron chi connectivity index (χ0n) is 14.3. The first-order chi connectivity index (χ1) is 11.2. The molecule has 0 amide bonds. The van der Waals surface area contributed by atoms with E-state index < -0.39 is 0 Å². The van der Waals surface area contributed by atoms with Crippen LogP contribution in [0.5, 0.6) is 5.75 Å². The Hall–Kier alpha value is -1.82. The number of methoxy groups -OCH3 is 1. The summed E-state index contributed by atoms with van der Waals surface area (Å²) >= 11 is 0. The third-order valence-corrected chi connectivity index (χ3v) is 3.12. The number of halogens is 1. The summed E-state index contributed by atoms with van der Waals surface area (Å²) in [5.74, 6) is 1.51. The number of nitrogens with zero attached hydrogens (tertiary/aromatic N) is 1. The fourth-order valence-corrected chi connectivity index (χ4v) is 1.94. The van der Waals surface area contributed by atoms with Crippen molar-refractivity contribution in [3.05, 3.63) is 29.3 Å². The smallest absolute Gasteiger partial charge is 0.191 e. The number of guanidine groups is 1. The van der Waals surface area contributed by atoms with Crippen LogP contribution >= 0.6 is 0 Å². The van der Waals surface area contributed by atoms with Gasteiger partial charge in [0.1, 0.15) is 12.4 Å². The van der Waals surface area contributed by atoms with Crippen LogP contribution in [0.25, 0.3) is 0 Å². The van der Waals surface area contributed by atoms with Gasteiger partial charge in [0, 0.05) is 25.8 Å². The van der Waals surface area contributed by atoms with E-state index in [-0.39, 0.29) is 6.67 Å². The predicted molar refractivity (Wildman–Crippen MR) is 92.0 cm³/mol. The molecule has 0 fully saturated rings. The molecule has 0 aliphatic carbocycles. The van der Waals surface area contributed by atoms with Crippen molar-refractivity contribution in [1.82, 2.24) is 10.6 Å². The highest BCUT2D eigenvalue weighted by Gasteiger charge is 2.05. The lowest BCUT2D eigenvalue weighted by Gasteiger charge is -2.13. The maximum atomic E-state index is 12.2. The zero-order chi connectivity index (χ0) is 16.9. The van der Waals surface area contributed by atoms with Crippen molar-refractivity contribution in [2.45, 2.75) is 26.8 Å². The molecule has 1 aromatic rings. The molecule has 0 saturated carbocycles. The third-order valence-electron chi connectivity index (χ3n) is 3.12. The minimum Gasteiger partial charge on any atom is -0.491 e. The van der Waals surface area contributed by atoms with E-state index in [1.807, 2.05) is 32.0 Å². The minimum absolute atomic E-state index is 0.331. The van der Waals surface area contributed by atoms with Gasteiger partial charge in [-0.25, -0.2) is 4.99 Å². The highest BCUT2D eigenvalue weighted by Crippen LogP contribution is 2.21. The number of hydrogen-bond donors (Lipinski definition) is 2. The lowest BCUT2D eigenvalue weighted by atomic mass is 10.1. The summed E-state index contributed by atoms with van der Waals surface area (Å²) in [6.45, 7) is 6.56. The minimum atomic E-state index is -0.331. The highest BCUT2D eigenvalue weighted by atomic mass is 19.1. The maximum absolute atomic E-state index is 12.2. The van der Waals surface area contributed by atoms with Gasteiger partial charge < -0.3 is 20.1 Å². The van der Waals surface area contributed by atoms with Gasteiger partial charge in [0.15, 0.2) is 5.96 Å². The number of alkyl halides is 1. The van der Waals surface area contributed by atoms with Gasteiger partial charge in [0.05, 0.1) is 19.8 Å². The van der Waals surface area contributed by atoms with Gasteiger partial charge in [-0.15, -0.1) is 0 Å². The van der Waals surface area contributed by atoms with Crippen molar-refractivity contribution in [2.24, 2.45) is 4.99 Å². The molecular weight excluding hydrogens is 297 g/mol. The summed E-state index contributed by atoms with van der Waals surface area (Å²) in [4.78, 5) is 4.53. The Morgan fingerprint density at radius 1 is 1.26 bits per heavy atom. The zero-order valence-corrected chi connectivity index (χ0v) is 14.3. The molecule has 1 rings (SSSR count). The molecule has 0 aliphatic rings. The summed E-state index contributed by atoms with van der Waals surface area (Å²) < 4.78 is 23.0. The highest BCUT2D eigenvalue weighted by molar-refractivity contribution is 5.79. The van der Waals surface area contributed by atoms with Crippen LogP contribution in [0, 0.1) is 6.92 Å². The molecule has 1 aromatic carbocycles. The second-order valence-corrected chi connectivity index (χ2v) is 5.12. The van der Waals surface area contributed by atoms with Crippen LogP contribution in [-0.2, 0) is 11.3 Å². The van der Waals surface area contributed by atoms with Crippen molar-refractivity contribution in [2.75, 3.05) is 40.1 Å². The summed E-state index contributed by atoms with van der Waals surface area (Å²) in [6, 6.07) is 6.06. The van der Waals surface area contributed by atoms with E-state index in [9.17, 15) is 4.39 Å². The van der Waals surface area contributed by atoms with Gasteiger partial charge in [-0.3, -0.25) is 4.39 Å². The molecule has 5 nitrogen and oxygen atoms in total. The van der Waals surface area contributed by atoms with Crippen LogP contribution in [0.3, 0.4) is 0 Å². The van der Waals surface area contributed by atoms with E-state index in [4.69, 9.17) is 9.47 Å². The van der Waals surface area contributed by atoms with E-state index in [1.165, 1.54) is 0 Å². The summed E-state index contributed by atoms with van der Waals surface area (Å²) in [7, 11) is 1.65. The molecule has 0 spiro atoms. The number of ether oxygens (including phenoxy) is 2. The van der Waals surface area contributed by atoms with E-state index in [0.29, 0.717) is 38.7 Å². The Balaban J connectivity index is 2.73. The van der Waals surface area contributed by atoms with Gasteiger partial charge in [0.2, 0.25) is 0 Å². The van der Waals surface area contributed by atoms with Gasteiger partial charge >= 0.3 is 0 Å². The molecule has 0 atom stereocenters. The fraction of sp³-hybridized carbons (Fsp3) is 0.588. The molecule has 0 aromatic heterocycles. The Morgan fingerprint density at radius 3 is 2.78 bits per heavy atom. The van der Waals surface area contributed by atoms with E-state index in [0.717, 1.165) is 23.4 Å². The third kappa shape index (κ3) is 7.83. The average molecular weight is 325 g/mol. The molecule has 0 unspecified atom stereocenters. The van der Waals surface area contributed by atoms with Crippen molar-refractivity contribution in [1.29, 1.82) is 0 Å². The first-order valence-corrected chi connectivity index (χ1v) is 8.00. The number of aliphatic imine (C=N–C) groups is 1. The Bertz CT molecular complexity index is 481. The topological polar surface area (TPSA) is 54.9 Å². The fourth-order valence-electron chi connectivity index (χ4n) is 1.94. The molecule has 0 saturated heterocycles. The SMILES string of the molecule is CCNC(=NCc1ccc(C)cc1OCCOC)NCCCF. The van der Waals surface area contributed by atoms with Crippen LogP contribution in [0.15, 0.2) is 23.2 Å². The molecule has 130 valence electrons. The van der Waals surface area contributed by atoms with Gasteiger partial charge in [-0.2, -0.15) is 0 Å². The lowest BCUT2D eigenvalue weighted by Crippen LogP contribution is -2.37. The number of aryl methyl sites for hydroxylation is 1. The maximum Gasteiger partial charge on any atom is 0.191 e. The molecule has 2 N–H and O–H groups in total. The lowest BCUT2D eigenvalue weighted by molar-refractivity contribution is 0.145. The second kappa shape index (κ2) is 11.7. The first kappa shape index (κ1) is 19.2. The number of hydrogen-bond acceptors (Lipinski definition) is 3. The van der Waals surface area contributed by atoms with Crippen LogP contribution in [0.2, 0.25) is 0 Å². The Morgan fingerprint density at radius 2 is 2.09 bits per heavy atom. The van der Waals surface area contributed by atoms with Gasteiger partial charge in [-0.05, 0) is 31.9 Å². The van der Waals surface area contributed by atoms with Crippen LogP contribution in [0.1, 0.15) is 24.5 Å². The van der Waals surface area contributed by atoms with Gasteiger partial charge in [0.25, 0.3) is 0 Å². The van der Waals surface area contributed by atoms with Crippen molar-refractivity contribution < 1.29 is 13.9 Å². The largest absolute Gasteiger partial charge is 0.491 e. The van der Waals surface area contributed by atoms with Crippen molar-refractivity contribution in [3.63, 3.8) is 0 Å². The van der Waals surface area contributed by atoms with Crippen LogP contribution in [-0.4, -0.2) is 46.0 Å². The first-order valence-electron chi connectivity index (χ1n) is 8.00. The Kier molecular flexibility index (Phi) is 9.79. The quantitative estimate of drug-likeness (QED) is 0.394. The van der Waals surface area contributed by atoms with Crippen molar-refractivity contribution >= 4 is 5.96 Å². The molecule has 0 heterocycles. The molecule has 0 bridgehead atoms. The summed E-state index contributed by atoms with van der Waals surface area (Å²) in [6.07, 6.45) is 0.473. The summed E-state index contributed by atoms with van der Waals surface area (Å²) in [5, 5.41) is 6.26. The average Bonchev–Trinajstić information content (AvgIpc) is 2.54. The summed E-state index contributed by atoms with van der Waals surface area (Å²) in [5.41, 5.74) is 2.15. The molecular formula is C17H28FN3O2. The number of nitrogens with one attached hydrogen (secondary N) is 2. The normalized spacial score (nSPS) is 11.4. The second-order valence-electron chi connectivity index (χ2n) is 5.12. The molecule has 23 heavy (non-hydrogen) atoms. The molecule has 6 heteroatoms. The van der Waals surface area contributed by atoms with E-state index in [1.54, 1.807) is 7.11 Å². The predicted octanol–water partition coefficient (Wildman–Crippen LogP) is 2.43. The van der Waals surface area contributed by atoms with E-state index >= 15 is 0 Å².